The zero-order chi connectivity index (χ0) is 19.0. The Kier molecular flexibility index (Phi) is 7.84. The number of carboxylic acids is 1. The molecule has 0 aliphatic rings. The Balaban J connectivity index is 2.80. The van der Waals surface area contributed by atoms with E-state index < -0.39 is 5.97 Å². The van der Waals surface area contributed by atoms with Crippen molar-refractivity contribution in [3.63, 3.8) is 0 Å². The summed E-state index contributed by atoms with van der Waals surface area (Å²) in [6.45, 7) is 2.00. The monoisotopic (exact) mass is 354 g/mol. The fourth-order valence-corrected chi connectivity index (χ4v) is 2.32. The summed E-state index contributed by atoms with van der Waals surface area (Å²) in [6, 6.07) is 2.97. The minimum absolute atomic E-state index is 0.0988. The number of methoxy groups -OCH3 is 3. The molecule has 2 amide bonds. The number of benzene rings is 1. The Labute approximate surface area is 147 Å². The Morgan fingerprint density at radius 2 is 1.72 bits per heavy atom. The molecule has 25 heavy (non-hydrogen) atoms. The van der Waals surface area contributed by atoms with Crippen molar-refractivity contribution in [2.45, 2.75) is 25.8 Å². The van der Waals surface area contributed by atoms with Gasteiger partial charge in [-0.3, -0.25) is 4.79 Å². The van der Waals surface area contributed by atoms with E-state index in [-0.39, 0.29) is 25.0 Å². The van der Waals surface area contributed by atoms with Gasteiger partial charge >= 0.3 is 12.0 Å². The Bertz CT molecular complexity index is 580. The standard InChI is InChI=1S/C17H26N2O6/c1-11(18-17(22)19(2)7-6-16(20)21)8-13-14(24-4)9-12(23-3)10-15(13)25-5/h9-11H,6-8H2,1-5H3,(H,18,22)(H,20,21). The molecule has 0 saturated carbocycles. The number of carboxylic acid groups (broad SMARTS) is 1. The molecule has 0 aliphatic carbocycles. The van der Waals surface area contributed by atoms with E-state index >= 15 is 0 Å². The number of nitrogens with zero attached hydrogens (tertiary/aromatic N) is 1. The van der Waals surface area contributed by atoms with Gasteiger partial charge in [-0.25, -0.2) is 4.79 Å². The fraction of sp³-hybridized carbons (Fsp3) is 0.529. The zero-order valence-corrected chi connectivity index (χ0v) is 15.3. The first-order valence-corrected chi connectivity index (χ1v) is 7.84. The van der Waals surface area contributed by atoms with Crippen LogP contribution in [0.3, 0.4) is 0 Å². The van der Waals surface area contributed by atoms with Gasteiger partial charge < -0.3 is 29.5 Å². The molecule has 2 N–H and O–H groups in total. The van der Waals surface area contributed by atoms with Gasteiger partial charge in [-0.2, -0.15) is 0 Å². The highest BCUT2D eigenvalue weighted by Crippen LogP contribution is 2.34. The van der Waals surface area contributed by atoms with Gasteiger partial charge in [0.25, 0.3) is 0 Å². The summed E-state index contributed by atoms with van der Waals surface area (Å²) in [5.41, 5.74) is 0.812. The second-order valence-electron chi connectivity index (χ2n) is 5.63. The van der Waals surface area contributed by atoms with E-state index in [1.54, 1.807) is 40.5 Å². The zero-order valence-electron chi connectivity index (χ0n) is 15.3. The summed E-state index contributed by atoms with van der Waals surface area (Å²) in [6.07, 6.45) is 0.382. The molecule has 0 aliphatic heterocycles. The van der Waals surface area contributed by atoms with Crippen LogP contribution in [0.2, 0.25) is 0 Å². The number of nitrogens with one attached hydrogen (secondary N) is 1. The summed E-state index contributed by atoms with van der Waals surface area (Å²) >= 11 is 0. The second-order valence-corrected chi connectivity index (χ2v) is 5.63. The van der Waals surface area contributed by atoms with Gasteiger partial charge in [-0.15, -0.1) is 0 Å². The predicted molar refractivity (Wildman–Crippen MR) is 92.7 cm³/mol. The molecule has 1 aromatic carbocycles. The number of carbonyl (C=O) groups is 2. The van der Waals surface area contributed by atoms with E-state index in [0.29, 0.717) is 23.7 Å². The molecule has 0 fully saturated rings. The lowest BCUT2D eigenvalue weighted by Gasteiger charge is -2.22. The van der Waals surface area contributed by atoms with Crippen molar-refractivity contribution in [3.8, 4) is 17.2 Å². The number of hydrogen-bond donors (Lipinski definition) is 2. The number of aliphatic carboxylic acids is 1. The van der Waals surface area contributed by atoms with Crippen LogP contribution in [0.25, 0.3) is 0 Å². The van der Waals surface area contributed by atoms with Gasteiger partial charge in [0, 0.05) is 37.3 Å². The first-order valence-electron chi connectivity index (χ1n) is 7.84. The second kappa shape index (κ2) is 9.61. The summed E-state index contributed by atoms with van der Waals surface area (Å²) in [5.74, 6) is 0.885. The number of ether oxygens (including phenoxy) is 3. The third-order valence-electron chi connectivity index (χ3n) is 3.71. The maximum atomic E-state index is 12.1. The smallest absolute Gasteiger partial charge is 0.317 e. The first kappa shape index (κ1) is 20.4. The quantitative estimate of drug-likeness (QED) is 0.701. The fourth-order valence-electron chi connectivity index (χ4n) is 2.32. The van der Waals surface area contributed by atoms with E-state index in [1.807, 2.05) is 6.92 Å². The summed E-state index contributed by atoms with van der Waals surface area (Å²) in [7, 11) is 6.23. The van der Waals surface area contributed by atoms with Crippen molar-refractivity contribution in [2.24, 2.45) is 0 Å². The van der Waals surface area contributed by atoms with Crippen molar-refractivity contribution in [3.05, 3.63) is 17.7 Å². The topological polar surface area (TPSA) is 97.3 Å². The number of urea groups is 1. The lowest BCUT2D eigenvalue weighted by molar-refractivity contribution is -0.137. The number of amides is 2. The molecule has 1 rings (SSSR count). The minimum Gasteiger partial charge on any atom is -0.496 e. The molecular formula is C17H26N2O6. The molecule has 0 spiro atoms. The SMILES string of the molecule is COc1cc(OC)c(CC(C)NC(=O)N(C)CCC(=O)O)c(OC)c1. The maximum absolute atomic E-state index is 12.1. The molecule has 0 heterocycles. The van der Waals surface area contributed by atoms with Crippen molar-refractivity contribution >= 4 is 12.0 Å². The van der Waals surface area contributed by atoms with Gasteiger partial charge in [0.1, 0.15) is 17.2 Å². The molecule has 1 unspecified atom stereocenters. The normalized spacial score (nSPS) is 11.4. The van der Waals surface area contributed by atoms with Crippen LogP contribution in [0.15, 0.2) is 12.1 Å². The molecule has 0 saturated heterocycles. The third-order valence-corrected chi connectivity index (χ3v) is 3.71. The van der Waals surface area contributed by atoms with Crippen LogP contribution in [0.1, 0.15) is 18.9 Å². The summed E-state index contributed by atoms with van der Waals surface area (Å²) in [5, 5.41) is 11.5. The molecule has 1 aromatic rings. The van der Waals surface area contributed by atoms with E-state index in [4.69, 9.17) is 19.3 Å². The van der Waals surface area contributed by atoms with Gasteiger partial charge in [0.15, 0.2) is 0 Å². The van der Waals surface area contributed by atoms with Crippen molar-refractivity contribution in [1.82, 2.24) is 10.2 Å². The van der Waals surface area contributed by atoms with E-state index in [0.717, 1.165) is 5.56 Å². The maximum Gasteiger partial charge on any atom is 0.317 e. The summed E-state index contributed by atoms with van der Waals surface area (Å²) < 4.78 is 16.0. The number of carbonyl (C=O) groups excluding carboxylic acids is 1. The van der Waals surface area contributed by atoms with E-state index in [1.165, 1.54) is 4.90 Å². The lowest BCUT2D eigenvalue weighted by atomic mass is 10.0. The number of rotatable bonds is 9. The van der Waals surface area contributed by atoms with Gasteiger partial charge in [0.05, 0.1) is 27.8 Å². The van der Waals surface area contributed by atoms with Gasteiger partial charge in [0.2, 0.25) is 0 Å². The van der Waals surface area contributed by atoms with Gasteiger partial charge in [-0.05, 0) is 13.3 Å². The highest BCUT2D eigenvalue weighted by Gasteiger charge is 2.18. The Hall–Kier alpha value is -2.64. The largest absolute Gasteiger partial charge is 0.496 e. The van der Waals surface area contributed by atoms with Crippen molar-refractivity contribution in [2.75, 3.05) is 34.9 Å². The Morgan fingerprint density at radius 1 is 1.16 bits per heavy atom. The number of hydrogen-bond acceptors (Lipinski definition) is 5. The first-order chi connectivity index (χ1) is 11.8. The average molecular weight is 354 g/mol. The van der Waals surface area contributed by atoms with Gasteiger partial charge in [-0.1, -0.05) is 0 Å². The van der Waals surface area contributed by atoms with Crippen LogP contribution in [0.5, 0.6) is 17.2 Å². The van der Waals surface area contributed by atoms with Crippen molar-refractivity contribution < 1.29 is 28.9 Å². The highest BCUT2D eigenvalue weighted by atomic mass is 16.5. The molecule has 1 atom stereocenters. The van der Waals surface area contributed by atoms with Crippen LogP contribution in [0, 0.1) is 0 Å². The third kappa shape index (κ3) is 6.06. The molecule has 0 aromatic heterocycles. The van der Waals surface area contributed by atoms with Crippen LogP contribution in [-0.2, 0) is 11.2 Å². The highest BCUT2D eigenvalue weighted by molar-refractivity contribution is 5.75. The van der Waals surface area contributed by atoms with Crippen LogP contribution >= 0.6 is 0 Å². The molecular weight excluding hydrogens is 328 g/mol. The molecule has 0 radical (unpaired) electrons. The lowest BCUT2D eigenvalue weighted by Crippen LogP contribution is -2.43. The van der Waals surface area contributed by atoms with Crippen molar-refractivity contribution in [1.29, 1.82) is 0 Å². The predicted octanol–water partition coefficient (Wildman–Crippen LogP) is 1.76. The van der Waals surface area contributed by atoms with E-state index in [2.05, 4.69) is 5.32 Å². The van der Waals surface area contributed by atoms with Crippen LogP contribution < -0.4 is 19.5 Å². The van der Waals surface area contributed by atoms with E-state index in [9.17, 15) is 9.59 Å². The molecule has 8 nitrogen and oxygen atoms in total. The molecule has 8 heteroatoms. The van der Waals surface area contributed by atoms with Crippen LogP contribution in [0.4, 0.5) is 4.79 Å². The minimum atomic E-state index is -0.944. The average Bonchev–Trinajstić information content (AvgIpc) is 2.59. The molecule has 140 valence electrons. The summed E-state index contributed by atoms with van der Waals surface area (Å²) in [4.78, 5) is 24.0. The molecule has 0 bridgehead atoms. The van der Waals surface area contributed by atoms with Crippen LogP contribution in [-0.4, -0.2) is 63.0 Å². The Morgan fingerprint density at radius 3 is 2.16 bits per heavy atom.